The van der Waals surface area contributed by atoms with Gasteiger partial charge in [0.25, 0.3) is 0 Å². The van der Waals surface area contributed by atoms with Crippen molar-refractivity contribution in [3.63, 3.8) is 0 Å². The number of carbonyl (C=O) groups is 2. The van der Waals surface area contributed by atoms with Gasteiger partial charge in [-0.25, -0.2) is 9.78 Å². The summed E-state index contributed by atoms with van der Waals surface area (Å²) in [5.74, 6) is -1.13. The second-order valence-electron chi connectivity index (χ2n) is 4.29. The number of likely N-dealkylation sites (N-methyl/N-ethyl adjacent to an activating group) is 1. The Labute approximate surface area is 113 Å². The van der Waals surface area contributed by atoms with E-state index in [1.165, 1.54) is 17.4 Å². The number of aromatic carboxylic acids is 1. The van der Waals surface area contributed by atoms with E-state index in [0.29, 0.717) is 10.6 Å². The van der Waals surface area contributed by atoms with E-state index in [1.54, 1.807) is 31.1 Å². The molecule has 1 amide bonds. The lowest BCUT2D eigenvalue weighted by Gasteiger charge is -2.07. The van der Waals surface area contributed by atoms with E-state index in [2.05, 4.69) is 10.3 Å². The zero-order valence-corrected chi connectivity index (χ0v) is 11.3. The predicted molar refractivity (Wildman–Crippen MR) is 73.8 cm³/mol. The van der Waals surface area contributed by atoms with E-state index in [0.717, 1.165) is 4.70 Å². The molecule has 0 bridgehead atoms. The maximum Gasteiger partial charge on any atom is 0.335 e. The first-order valence-electron chi connectivity index (χ1n) is 5.54. The number of benzene rings is 1. The highest BCUT2D eigenvalue weighted by Gasteiger charge is 2.10. The average molecular weight is 279 g/mol. The van der Waals surface area contributed by atoms with Crippen LogP contribution in [-0.4, -0.2) is 47.5 Å². The summed E-state index contributed by atoms with van der Waals surface area (Å²) in [6.45, 7) is 0.274. The van der Waals surface area contributed by atoms with E-state index < -0.39 is 5.97 Å². The van der Waals surface area contributed by atoms with Gasteiger partial charge >= 0.3 is 5.97 Å². The molecule has 19 heavy (non-hydrogen) atoms. The maximum absolute atomic E-state index is 11.6. The number of carboxylic acid groups (broad SMARTS) is 1. The fourth-order valence-corrected chi connectivity index (χ4v) is 2.48. The molecule has 0 fully saturated rings. The molecule has 1 aromatic heterocycles. The van der Waals surface area contributed by atoms with Gasteiger partial charge in [0.2, 0.25) is 5.91 Å². The monoisotopic (exact) mass is 279 g/mol. The Balaban J connectivity index is 2.22. The van der Waals surface area contributed by atoms with Crippen molar-refractivity contribution in [1.29, 1.82) is 0 Å². The van der Waals surface area contributed by atoms with Crippen LogP contribution in [0.4, 0.5) is 5.13 Å². The Morgan fingerprint density at radius 3 is 2.79 bits per heavy atom. The molecule has 0 saturated carbocycles. The predicted octanol–water partition coefficient (Wildman–Crippen LogP) is 1.49. The first-order valence-corrected chi connectivity index (χ1v) is 6.36. The molecular weight excluding hydrogens is 266 g/mol. The molecule has 0 aliphatic rings. The molecule has 0 saturated heterocycles. The first kappa shape index (κ1) is 13.4. The lowest BCUT2D eigenvalue weighted by Crippen LogP contribution is -2.26. The smallest absolute Gasteiger partial charge is 0.335 e. The third-order valence-electron chi connectivity index (χ3n) is 2.34. The Bertz CT molecular complexity index is 636. The topological polar surface area (TPSA) is 82.5 Å². The number of carbonyl (C=O) groups excluding carboxylic acids is 1. The molecule has 0 unspecified atom stereocenters. The molecule has 2 N–H and O–H groups in total. The van der Waals surface area contributed by atoms with Gasteiger partial charge < -0.3 is 15.3 Å². The summed E-state index contributed by atoms with van der Waals surface area (Å²) in [6.07, 6.45) is 0. The molecular formula is C12H13N3O3S. The number of carboxylic acids is 1. The third kappa shape index (κ3) is 3.27. The van der Waals surface area contributed by atoms with Crippen LogP contribution in [0.3, 0.4) is 0 Å². The molecule has 6 nitrogen and oxygen atoms in total. The van der Waals surface area contributed by atoms with Crippen molar-refractivity contribution in [3.8, 4) is 0 Å². The van der Waals surface area contributed by atoms with Crippen molar-refractivity contribution in [2.24, 2.45) is 0 Å². The number of nitrogens with zero attached hydrogens (tertiary/aromatic N) is 2. The number of thiazole rings is 1. The number of amides is 1. The second kappa shape index (κ2) is 5.33. The zero-order valence-electron chi connectivity index (χ0n) is 10.5. The van der Waals surface area contributed by atoms with Gasteiger partial charge in [-0.15, -0.1) is 0 Å². The number of rotatable bonds is 4. The molecule has 0 aliphatic carbocycles. The number of nitrogens with one attached hydrogen (secondary N) is 1. The first-order chi connectivity index (χ1) is 8.95. The van der Waals surface area contributed by atoms with Gasteiger partial charge in [0, 0.05) is 0 Å². The number of hydrogen-bond acceptors (Lipinski definition) is 5. The summed E-state index contributed by atoms with van der Waals surface area (Å²) in [4.78, 5) is 28.4. The van der Waals surface area contributed by atoms with Gasteiger partial charge in [-0.3, -0.25) is 4.79 Å². The number of aromatic nitrogens is 1. The summed E-state index contributed by atoms with van der Waals surface area (Å²) in [7, 11) is 3.61. The van der Waals surface area contributed by atoms with Crippen LogP contribution in [0, 0.1) is 0 Å². The van der Waals surface area contributed by atoms with Gasteiger partial charge in [0.1, 0.15) is 0 Å². The van der Waals surface area contributed by atoms with Crippen molar-refractivity contribution < 1.29 is 14.7 Å². The summed E-state index contributed by atoms with van der Waals surface area (Å²) < 4.78 is 0.736. The summed E-state index contributed by atoms with van der Waals surface area (Å²) >= 11 is 1.26. The highest BCUT2D eigenvalue weighted by atomic mass is 32.1. The SMILES string of the molecule is CN(C)CC(=O)Nc1nc2ccc(C(=O)O)cc2s1. The zero-order chi connectivity index (χ0) is 14.0. The Morgan fingerprint density at radius 1 is 1.42 bits per heavy atom. The second-order valence-corrected chi connectivity index (χ2v) is 5.32. The van der Waals surface area contributed by atoms with Crippen molar-refractivity contribution in [1.82, 2.24) is 9.88 Å². The van der Waals surface area contributed by atoms with Crippen LogP contribution in [0.25, 0.3) is 10.2 Å². The highest BCUT2D eigenvalue weighted by Crippen LogP contribution is 2.26. The minimum atomic E-state index is -0.978. The van der Waals surface area contributed by atoms with Gasteiger partial charge in [0.05, 0.1) is 22.3 Å². The largest absolute Gasteiger partial charge is 0.478 e. The molecule has 0 aliphatic heterocycles. The normalized spacial score (nSPS) is 10.9. The molecule has 0 radical (unpaired) electrons. The summed E-state index contributed by atoms with van der Waals surface area (Å²) in [5, 5.41) is 12.1. The van der Waals surface area contributed by atoms with Crippen molar-refractivity contribution in [2.45, 2.75) is 0 Å². The van der Waals surface area contributed by atoms with Crippen LogP contribution < -0.4 is 5.32 Å². The molecule has 1 aromatic carbocycles. The summed E-state index contributed by atoms with van der Waals surface area (Å²) in [6, 6.07) is 4.68. The molecule has 0 atom stereocenters. The number of hydrogen-bond donors (Lipinski definition) is 2. The van der Waals surface area contributed by atoms with E-state index in [1.807, 2.05) is 0 Å². The van der Waals surface area contributed by atoms with Crippen molar-refractivity contribution >= 4 is 38.6 Å². The van der Waals surface area contributed by atoms with Gasteiger partial charge in [-0.1, -0.05) is 11.3 Å². The molecule has 2 rings (SSSR count). The Morgan fingerprint density at radius 2 is 2.16 bits per heavy atom. The number of fused-ring (bicyclic) bond motifs is 1. The van der Waals surface area contributed by atoms with E-state index in [4.69, 9.17) is 5.11 Å². The molecule has 7 heteroatoms. The third-order valence-corrected chi connectivity index (χ3v) is 3.28. The van der Waals surface area contributed by atoms with Crippen LogP contribution in [0.2, 0.25) is 0 Å². The number of anilines is 1. The maximum atomic E-state index is 11.6. The highest BCUT2D eigenvalue weighted by molar-refractivity contribution is 7.22. The summed E-state index contributed by atoms with van der Waals surface area (Å²) in [5.41, 5.74) is 0.887. The van der Waals surface area contributed by atoms with Crippen LogP contribution in [0.15, 0.2) is 18.2 Å². The van der Waals surface area contributed by atoms with E-state index in [-0.39, 0.29) is 18.0 Å². The fourth-order valence-electron chi connectivity index (χ4n) is 1.56. The minimum absolute atomic E-state index is 0.150. The van der Waals surface area contributed by atoms with Gasteiger partial charge in [-0.2, -0.15) is 0 Å². The lowest BCUT2D eigenvalue weighted by atomic mass is 10.2. The lowest BCUT2D eigenvalue weighted by molar-refractivity contribution is -0.116. The fraction of sp³-hybridized carbons (Fsp3) is 0.250. The van der Waals surface area contributed by atoms with Crippen molar-refractivity contribution in [2.75, 3.05) is 26.0 Å². The van der Waals surface area contributed by atoms with Crippen LogP contribution in [0.5, 0.6) is 0 Å². The molecule has 2 aromatic rings. The Kier molecular flexibility index (Phi) is 3.77. The quantitative estimate of drug-likeness (QED) is 0.886. The average Bonchev–Trinajstić information content (AvgIpc) is 2.68. The van der Waals surface area contributed by atoms with Gasteiger partial charge in [0.15, 0.2) is 5.13 Å². The van der Waals surface area contributed by atoms with Crippen molar-refractivity contribution in [3.05, 3.63) is 23.8 Å². The molecule has 100 valence electrons. The van der Waals surface area contributed by atoms with E-state index in [9.17, 15) is 9.59 Å². The van der Waals surface area contributed by atoms with E-state index >= 15 is 0 Å². The van der Waals surface area contributed by atoms with Crippen LogP contribution in [-0.2, 0) is 4.79 Å². The molecule has 1 heterocycles. The van der Waals surface area contributed by atoms with Crippen LogP contribution >= 0.6 is 11.3 Å². The molecule has 0 spiro atoms. The van der Waals surface area contributed by atoms with Crippen LogP contribution in [0.1, 0.15) is 10.4 Å². The standard InChI is InChI=1S/C12H13N3O3S/c1-15(2)6-10(16)14-12-13-8-4-3-7(11(17)18)5-9(8)19-12/h3-5H,6H2,1-2H3,(H,17,18)(H,13,14,16). The minimum Gasteiger partial charge on any atom is -0.478 e. The Hall–Kier alpha value is -1.99. The van der Waals surface area contributed by atoms with Gasteiger partial charge in [-0.05, 0) is 32.3 Å².